The molecule has 0 atom stereocenters. The largest absolute Gasteiger partial charge is 0.472 e. The highest BCUT2D eigenvalue weighted by Gasteiger charge is 2.12. The van der Waals surface area contributed by atoms with Crippen LogP contribution in [0, 0.1) is 0 Å². The van der Waals surface area contributed by atoms with Crippen molar-refractivity contribution < 1.29 is 9.21 Å². The van der Waals surface area contributed by atoms with E-state index in [1.54, 1.807) is 35.4 Å². The molecule has 0 bridgehead atoms. The number of furan rings is 1. The van der Waals surface area contributed by atoms with Gasteiger partial charge in [0.05, 0.1) is 18.3 Å². The number of hydrogen-bond acceptors (Lipinski definition) is 5. The molecule has 0 unspecified atom stereocenters. The van der Waals surface area contributed by atoms with Gasteiger partial charge in [-0.3, -0.25) is 4.79 Å². The van der Waals surface area contributed by atoms with Crippen molar-refractivity contribution in [3.05, 3.63) is 30.5 Å². The van der Waals surface area contributed by atoms with E-state index in [-0.39, 0.29) is 5.91 Å². The summed E-state index contributed by atoms with van der Waals surface area (Å²) in [5.41, 5.74) is 0.981. The normalized spacial score (nSPS) is 10.6. The molecule has 0 aliphatic heterocycles. The zero-order valence-corrected chi connectivity index (χ0v) is 11.1. The Kier molecular flexibility index (Phi) is 4.03. The van der Waals surface area contributed by atoms with Gasteiger partial charge in [-0.05, 0) is 6.07 Å². The Morgan fingerprint density at radius 2 is 2.44 bits per heavy atom. The molecule has 2 aromatic heterocycles. The van der Waals surface area contributed by atoms with Crippen molar-refractivity contribution >= 4 is 17.7 Å². The molecule has 6 nitrogen and oxygen atoms in total. The highest BCUT2D eigenvalue weighted by molar-refractivity contribution is 7.99. The Morgan fingerprint density at radius 3 is 3.06 bits per heavy atom. The lowest BCUT2D eigenvalue weighted by Crippen LogP contribution is -2.27. The predicted octanol–water partition coefficient (Wildman–Crippen LogP) is 1.16. The van der Waals surface area contributed by atoms with Gasteiger partial charge >= 0.3 is 0 Å². The van der Waals surface area contributed by atoms with Crippen LogP contribution in [-0.2, 0) is 18.4 Å². The summed E-state index contributed by atoms with van der Waals surface area (Å²) in [6.45, 7) is 0.550. The summed E-state index contributed by atoms with van der Waals surface area (Å²) in [4.78, 5) is 13.6. The van der Waals surface area contributed by atoms with E-state index >= 15 is 0 Å². The maximum atomic E-state index is 11.9. The summed E-state index contributed by atoms with van der Waals surface area (Å²) in [7, 11) is 3.62. The molecule has 2 aromatic rings. The van der Waals surface area contributed by atoms with Gasteiger partial charge in [0.2, 0.25) is 5.91 Å². The number of hydrogen-bond donors (Lipinski definition) is 0. The van der Waals surface area contributed by atoms with Gasteiger partial charge in [0.25, 0.3) is 0 Å². The van der Waals surface area contributed by atoms with Gasteiger partial charge in [-0.15, -0.1) is 10.2 Å². The van der Waals surface area contributed by atoms with E-state index in [0.717, 1.165) is 10.7 Å². The molecule has 0 saturated heterocycles. The SMILES string of the molecule is CN(Cc1ccoc1)C(=O)CSc1nncn1C. The maximum Gasteiger partial charge on any atom is 0.233 e. The number of carbonyl (C=O) groups is 1. The fourth-order valence-corrected chi connectivity index (χ4v) is 2.21. The first kappa shape index (κ1) is 12.7. The topological polar surface area (TPSA) is 64.2 Å². The molecular formula is C11H14N4O2S. The van der Waals surface area contributed by atoms with E-state index in [4.69, 9.17) is 4.42 Å². The number of nitrogens with zero attached hydrogens (tertiary/aromatic N) is 4. The van der Waals surface area contributed by atoms with E-state index in [0.29, 0.717) is 12.3 Å². The lowest BCUT2D eigenvalue weighted by molar-refractivity contribution is -0.127. The second-order valence-electron chi connectivity index (χ2n) is 3.89. The highest BCUT2D eigenvalue weighted by Crippen LogP contribution is 2.14. The predicted molar refractivity (Wildman–Crippen MR) is 66.9 cm³/mol. The number of rotatable bonds is 5. The van der Waals surface area contributed by atoms with Crippen molar-refractivity contribution in [2.75, 3.05) is 12.8 Å². The van der Waals surface area contributed by atoms with Crippen LogP contribution in [0.3, 0.4) is 0 Å². The third kappa shape index (κ3) is 3.13. The Bertz CT molecular complexity index is 509. The molecule has 0 aliphatic carbocycles. The summed E-state index contributed by atoms with van der Waals surface area (Å²) in [5.74, 6) is 0.394. The van der Waals surface area contributed by atoms with E-state index in [1.165, 1.54) is 11.8 Å². The highest BCUT2D eigenvalue weighted by atomic mass is 32.2. The van der Waals surface area contributed by atoms with Crippen LogP contribution in [0.4, 0.5) is 0 Å². The molecule has 0 fully saturated rings. The van der Waals surface area contributed by atoms with Gasteiger partial charge in [-0.25, -0.2) is 0 Å². The van der Waals surface area contributed by atoms with Crippen molar-refractivity contribution in [3.8, 4) is 0 Å². The van der Waals surface area contributed by atoms with Crippen LogP contribution < -0.4 is 0 Å². The molecule has 0 saturated carbocycles. The van der Waals surface area contributed by atoms with E-state index in [1.807, 2.05) is 13.1 Å². The summed E-state index contributed by atoms with van der Waals surface area (Å²) in [6.07, 6.45) is 4.85. The Balaban J connectivity index is 1.82. The first-order valence-electron chi connectivity index (χ1n) is 5.38. The minimum absolute atomic E-state index is 0.0456. The molecule has 0 aliphatic rings. The lowest BCUT2D eigenvalue weighted by atomic mass is 10.3. The minimum Gasteiger partial charge on any atom is -0.472 e. The number of thioether (sulfide) groups is 1. The number of aromatic nitrogens is 3. The van der Waals surface area contributed by atoms with Crippen LogP contribution in [0.5, 0.6) is 0 Å². The lowest BCUT2D eigenvalue weighted by Gasteiger charge is -2.15. The molecule has 0 aromatic carbocycles. The van der Waals surface area contributed by atoms with Crippen LogP contribution in [0.25, 0.3) is 0 Å². The third-order valence-corrected chi connectivity index (χ3v) is 3.44. The van der Waals surface area contributed by atoms with E-state index < -0.39 is 0 Å². The van der Waals surface area contributed by atoms with Crippen molar-refractivity contribution in [1.82, 2.24) is 19.7 Å². The second kappa shape index (κ2) is 5.72. The van der Waals surface area contributed by atoms with Gasteiger partial charge in [-0.2, -0.15) is 0 Å². The number of aryl methyl sites for hydroxylation is 1. The van der Waals surface area contributed by atoms with Gasteiger partial charge in [0, 0.05) is 26.2 Å². The van der Waals surface area contributed by atoms with Gasteiger partial charge in [0.15, 0.2) is 5.16 Å². The fourth-order valence-electron chi connectivity index (χ4n) is 1.38. The van der Waals surface area contributed by atoms with Gasteiger partial charge in [-0.1, -0.05) is 11.8 Å². The summed E-state index contributed by atoms with van der Waals surface area (Å²) in [6, 6.07) is 1.85. The maximum absolute atomic E-state index is 11.9. The van der Waals surface area contributed by atoms with E-state index in [2.05, 4.69) is 10.2 Å². The third-order valence-electron chi connectivity index (χ3n) is 2.42. The average molecular weight is 266 g/mol. The molecule has 2 heterocycles. The van der Waals surface area contributed by atoms with Crippen LogP contribution in [-0.4, -0.2) is 38.4 Å². The van der Waals surface area contributed by atoms with Gasteiger partial charge in [0.1, 0.15) is 6.33 Å². The van der Waals surface area contributed by atoms with Crippen molar-refractivity contribution in [1.29, 1.82) is 0 Å². The van der Waals surface area contributed by atoms with Gasteiger partial charge < -0.3 is 13.9 Å². The minimum atomic E-state index is 0.0456. The standard InChI is InChI=1S/C11H14N4O2S/c1-14(5-9-3-4-17-6-9)10(16)7-18-11-13-12-8-15(11)2/h3-4,6,8H,5,7H2,1-2H3. The molecular weight excluding hydrogens is 252 g/mol. The Morgan fingerprint density at radius 1 is 1.61 bits per heavy atom. The monoisotopic (exact) mass is 266 g/mol. The molecule has 1 amide bonds. The van der Waals surface area contributed by atoms with Crippen LogP contribution in [0.1, 0.15) is 5.56 Å². The smallest absolute Gasteiger partial charge is 0.233 e. The number of amides is 1. The first-order valence-corrected chi connectivity index (χ1v) is 6.37. The Hall–Kier alpha value is -1.76. The summed E-state index contributed by atoms with van der Waals surface area (Å²) >= 11 is 1.38. The van der Waals surface area contributed by atoms with Crippen LogP contribution in [0.15, 0.2) is 34.5 Å². The average Bonchev–Trinajstić information content (AvgIpc) is 2.98. The Labute approximate surface area is 109 Å². The molecule has 96 valence electrons. The molecule has 0 spiro atoms. The number of carbonyl (C=O) groups excluding carboxylic acids is 1. The van der Waals surface area contributed by atoms with Crippen LogP contribution >= 0.6 is 11.8 Å². The summed E-state index contributed by atoms with van der Waals surface area (Å²) < 4.78 is 6.75. The fraction of sp³-hybridized carbons (Fsp3) is 0.364. The molecule has 7 heteroatoms. The zero-order valence-electron chi connectivity index (χ0n) is 10.2. The molecule has 0 radical (unpaired) electrons. The first-order chi connectivity index (χ1) is 8.66. The van der Waals surface area contributed by atoms with Crippen molar-refractivity contribution in [3.63, 3.8) is 0 Å². The molecule has 0 N–H and O–H groups in total. The quantitative estimate of drug-likeness (QED) is 0.760. The van der Waals surface area contributed by atoms with Crippen molar-refractivity contribution in [2.45, 2.75) is 11.7 Å². The van der Waals surface area contributed by atoms with Crippen LogP contribution in [0.2, 0.25) is 0 Å². The molecule has 2 rings (SSSR count). The van der Waals surface area contributed by atoms with Crippen molar-refractivity contribution in [2.24, 2.45) is 7.05 Å². The molecule has 18 heavy (non-hydrogen) atoms. The zero-order chi connectivity index (χ0) is 13.0. The summed E-state index contributed by atoms with van der Waals surface area (Å²) in [5, 5.41) is 8.41. The van der Waals surface area contributed by atoms with E-state index in [9.17, 15) is 4.79 Å². The second-order valence-corrected chi connectivity index (χ2v) is 4.84.